The zero-order valence-corrected chi connectivity index (χ0v) is 11.7. The number of halogens is 1. The van der Waals surface area contributed by atoms with Crippen LogP contribution in [0.2, 0.25) is 5.02 Å². The molecule has 0 spiro atoms. The van der Waals surface area contributed by atoms with Crippen LogP contribution in [0.3, 0.4) is 0 Å². The number of rotatable bonds is 3. The number of nitrogens with two attached hydrogens (primary N) is 1. The fourth-order valence-electron chi connectivity index (χ4n) is 2.39. The molecule has 0 bridgehead atoms. The van der Waals surface area contributed by atoms with Crippen LogP contribution in [0.5, 0.6) is 5.75 Å². The lowest BCUT2D eigenvalue weighted by molar-refractivity contribution is 0.135. The standard InChI is InChI=1S/C14H19ClN2O2/c1-9-2-5-11(6-3-9)19-13-8-10(15)4-7-12(13)14(16)17-18/h4,7-9,11,18H,2-3,5-6H2,1H3,(H2,16,17). The van der Waals surface area contributed by atoms with Gasteiger partial charge < -0.3 is 15.7 Å². The Morgan fingerprint density at radius 1 is 1.37 bits per heavy atom. The van der Waals surface area contributed by atoms with Gasteiger partial charge in [0, 0.05) is 5.02 Å². The summed E-state index contributed by atoms with van der Waals surface area (Å²) in [7, 11) is 0. The highest BCUT2D eigenvalue weighted by Gasteiger charge is 2.21. The molecule has 0 unspecified atom stereocenters. The molecule has 19 heavy (non-hydrogen) atoms. The molecule has 104 valence electrons. The topological polar surface area (TPSA) is 67.8 Å². The van der Waals surface area contributed by atoms with Crippen molar-refractivity contribution in [3.8, 4) is 5.75 Å². The SMILES string of the molecule is CC1CCC(Oc2cc(Cl)ccc2C(N)=NO)CC1. The second-order valence-corrected chi connectivity index (χ2v) is 5.56. The highest BCUT2D eigenvalue weighted by molar-refractivity contribution is 6.30. The van der Waals surface area contributed by atoms with E-state index in [0.717, 1.165) is 18.8 Å². The third-order valence-electron chi connectivity index (χ3n) is 3.58. The zero-order chi connectivity index (χ0) is 13.8. The maximum absolute atomic E-state index is 8.80. The van der Waals surface area contributed by atoms with Crippen molar-refractivity contribution in [1.29, 1.82) is 0 Å². The third-order valence-corrected chi connectivity index (χ3v) is 3.82. The number of nitrogens with zero attached hydrogens (tertiary/aromatic N) is 1. The van der Waals surface area contributed by atoms with Gasteiger partial charge in [-0.15, -0.1) is 0 Å². The largest absolute Gasteiger partial charge is 0.490 e. The van der Waals surface area contributed by atoms with Gasteiger partial charge in [-0.1, -0.05) is 23.7 Å². The Kier molecular flexibility index (Phi) is 4.53. The molecule has 1 aliphatic rings. The van der Waals surface area contributed by atoms with E-state index >= 15 is 0 Å². The molecule has 3 N–H and O–H groups in total. The second-order valence-electron chi connectivity index (χ2n) is 5.13. The molecule has 1 saturated carbocycles. The predicted molar refractivity (Wildman–Crippen MR) is 76.0 cm³/mol. The van der Waals surface area contributed by atoms with E-state index in [9.17, 15) is 0 Å². The van der Waals surface area contributed by atoms with E-state index in [0.29, 0.717) is 16.3 Å². The minimum Gasteiger partial charge on any atom is -0.490 e. The molecule has 5 heteroatoms. The van der Waals surface area contributed by atoms with E-state index in [2.05, 4.69) is 12.1 Å². The lowest BCUT2D eigenvalue weighted by Gasteiger charge is -2.27. The summed E-state index contributed by atoms with van der Waals surface area (Å²) in [6.07, 6.45) is 4.58. The Labute approximate surface area is 118 Å². The number of oxime groups is 1. The quantitative estimate of drug-likeness (QED) is 0.386. The van der Waals surface area contributed by atoms with Crippen LogP contribution in [0.15, 0.2) is 23.4 Å². The van der Waals surface area contributed by atoms with Crippen LogP contribution in [0.25, 0.3) is 0 Å². The molecule has 0 heterocycles. The summed E-state index contributed by atoms with van der Waals surface area (Å²) in [6.45, 7) is 2.26. The summed E-state index contributed by atoms with van der Waals surface area (Å²) in [5, 5.41) is 12.4. The summed E-state index contributed by atoms with van der Waals surface area (Å²) in [6, 6.07) is 5.12. The Balaban J connectivity index is 2.16. The molecule has 1 aliphatic carbocycles. The molecular formula is C14H19ClN2O2. The van der Waals surface area contributed by atoms with Crippen LogP contribution in [0, 0.1) is 5.92 Å². The molecule has 2 rings (SSSR count). The molecule has 0 amide bonds. The average Bonchev–Trinajstić information content (AvgIpc) is 2.41. The van der Waals surface area contributed by atoms with E-state index < -0.39 is 0 Å². The van der Waals surface area contributed by atoms with E-state index in [-0.39, 0.29) is 11.9 Å². The summed E-state index contributed by atoms with van der Waals surface area (Å²) in [4.78, 5) is 0. The van der Waals surface area contributed by atoms with Gasteiger partial charge in [0.25, 0.3) is 0 Å². The highest BCUT2D eigenvalue weighted by Crippen LogP contribution is 2.30. The summed E-state index contributed by atoms with van der Waals surface area (Å²) in [5.74, 6) is 1.39. The Morgan fingerprint density at radius 2 is 2.05 bits per heavy atom. The molecule has 0 aliphatic heterocycles. The molecule has 0 saturated heterocycles. The van der Waals surface area contributed by atoms with Crippen molar-refractivity contribution in [2.24, 2.45) is 16.8 Å². The van der Waals surface area contributed by atoms with Crippen LogP contribution in [-0.2, 0) is 0 Å². The fraction of sp³-hybridized carbons (Fsp3) is 0.500. The lowest BCUT2D eigenvalue weighted by atomic mass is 9.89. The molecule has 1 aromatic rings. The highest BCUT2D eigenvalue weighted by atomic mass is 35.5. The summed E-state index contributed by atoms with van der Waals surface area (Å²) >= 11 is 5.98. The maximum atomic E-state index is 8.80. The van der Waals surface area contributed by atoms with Gasteiger partial charge >= 0.3 is 0 Å². The number of ether oxygens (including phenoxy) is 1. The van der Waals surface area contributed by atoms with Crippen molar-refractivity contribution >= 4 is 17.4 Å². The normalized spacial score (nSPS) is 24.2. The van der Waals surface area contributed by atoms with Gasteiger partial charge in [0.2, 0.25) is 0 Å². The third kappa shape index (κ3) is 3.53. The predicted octanol–water partition coefficient (Wildman–Crippen LogP) is 3.39. The van der Waals surface area contributed by atoms with Crippen molar-refractivity contribution in [3.63, 3.8) is 0 Å². The molecule has 4 nitrogen and oxygen atoms in total. The van der Waals surface area contributed by atoms with Crippen molar-refractivity contribution in [2.45, 2.75) is 38.7 Å². The van der Waals surface area contributed by atoms with Gasteiger partial charge in [-0.2, -0.15) is 0 Å². The second kappa shape index (κ2) is 6.15. The average molecular weight is 283 g/mol. The monoisotopic (exact) mass is 282 g/mol. The van der Waals surface area contributed by atoms with Gasteiger partial charge in [0.05, 0.1) is 11.7 Å². The van der Waals surface area contributed by atoms with Gasteiger partial charge in [-0.25, -0.2) is 0 Å². The fourth-order valence-corrected chi connectivity index (χ4v) is 2.55. The first-order valence-corrected chi connectivity index (χ1v) is 6.92. The van der Waals surface area contributed by atoms with Crippen molar-refractivity contribution in [1.82, 2.24) is 0 Å². The van der Waals surface area contributed by atoms with Crippen LogP contribution in [0.1, 0.15) is 38.2 Å². The van der Waals surface area contributed by atoms with Crippen molar-refractivity contribution < 1.29 is 9.94 Å². The maximum Gasteiger partial charge on any atom is 0.173 e. The van der Waals surface area contributed by atoms with Crippen molar-refractivity contribution in [3.05, 3.63) is 28.8 Å². The molecule has 0 atom stereocenters. The van der Waals surface area contributed by atoms with Crippen LogP contribution in [-0.4, -0.2) is 17.1 Å². The van der Waals surface area contributed by atoms with E-state index in [1.54, 1.807) is 18.2 Å². The molecular weight excluding hydrogens is 264 g/mol. The van der Waals surface area contributed by atoms with Crippen molar-refractivity contribution in [2.75, 3.05) is 0 Å². The first-order chi connectivity index (χ1) is 9.10. The van der Waals surface area contributed by atoms with Gasteiger partial charge in [-0.3, -0.25) is 0 Å². The van der Waals surface area contributed by atoms with Crippen LogP contribution in [0.4, 0.5) is 0 Å². The Hall–Kier alpha value is -1.42. The zero-order valence-electron chi connectivity index (χ0n) is 11.0. The van der Waals surface area contributed by atoms with Gasteiger partial charge in [-0.05, 0) is 49.8 Å². The van der Waals surface area contributed by atoms with Crippen LogP contribution < -0.4 is 10.5 Å². The number of hydrogen-bond acceptors (Lipinski definition) is 3. The molecule has 1 fully saturated rings. The van der Waals surface area contributed by atoms with E-state index in [1.165, 1.54) is 12.8 Å². The minimum absolute atomic E-state index is 0.0378. The van der Waals surface area contributed by atoms with Gasteiger partial charge in [0.15, 0.2) is 5.84 Å². The molecule has 0 aromatic heterocycles. The van der Waals surface area contributed by atoms with E-state index in [1.807, 2.05) is 0 Å². The lowest BCUT2D eigenvalue weighted by Crippen LogP contribution is -2.24. The first kappa shape index (κ1) is 14.0. The molecule has 1 aromatic carbocycles. The number of amidine groups is 1. The van der Waals surface area contributed by atoms with E-state index in [4.69, 9.17) is 27.3 Å². The van der Waals surface area contributed by atoms with Gasteiger partial charge in [0.1, 0.15) is 5.75 Å². The first-order valence-electron chi connectivity index (χ1n) is 6.54. The molecule has 0 radical (unpaired) electrons. The minimum atomic E-state index is 0.0378. The number of hydrogen-bond donors (Lipinski definition) is 2. The summed E-state index contributed by atoms with van der Waals surface area (Å²) < 4.78 is 5.98. The Morgan fingerprint density at radius 3 is 2.68 bits per heavy atom. The van der Waals surface area contributed by atoms with Crippen LogP contribution >= 0.6 is 11.6 Å². The summed E-state index contributed by atoms with van der Waals surface area (Å²) in [5.41, 5.74) is 6.22. The number of benzene rings is 1. The Bertz CT molecular complexity index is 469. The smallest absolute Gasteiger partial charge is 0.173 e.